The molecule has 0 saturated heterocycles. The van der Waals surface area contributed by atoms with E-state index in [1.165, 1.54) is 0 Å². The smallest absolute Gasteiger partial charge is 0.0383 e. The first-order valence-corrected chi connectivity index (χ1v) is 5.85. The molecule has 1 N–H and O–H groups in total. The Kier molecular flexibility index (Phi) is 5.78. The third-order valence-corrected chi connectivity index (χ3v) is 2.64. The van der Waals surface area contributed by atoms with E-state index in [0.29, 0.717) is 12.1 Å². The topological polar surface area (TPSA) is 29.1 Å². The van der Waals surface area contributed by atoms with Gasteiger partial charge in [0, 0.05) is 34.9 Å². The van der Waals surface area contributed by atoms with Gasteiger partial charge in [-0.1, -0.05) is 6.92 Å². The highest BCUT2D eigenvalue weighted by Gasteiger charge is 2.06. The van der Waals surface area contributed by atoms with Crippen LogP contribution in [-0.2, 0) is 10.8 Å². The van der Waals surface area contributed by atoms with Crippen LogP contribution in [0, 0.1) is 0 Å². The standard InChI is InChI=1S/C8H19NOS/c1-5-7(2)9-8(3)6-11(4)10/h7-9H,5-6H2,1-4H3. The molecule has 0 radical (unpaired) electrons. The Hall–Kier alpha value is 0.110. The molecule has 11 heavy (non-hydrogen) atoms. The molecule has 0 spiro atoms. The van der Waals surface area contributed by atoms with Crippen LogP contribution in [0.5, 0.6) is 0 Å². The first-order chi connectivity index (χ1) is 5.06. The molecule has 0 aliphatic carbocycles. The fourth-order valence-corrected chi connectivity index (χ4v) is 1.80. The Labute approximate surface area is 72.2 Å². The van der Waals surface area contributed by atoms with Crippen molar-refractivity contribution in [3.8, 4) is 0 Å². The van der Waals surface area contributed by atoms with E-state index in [9.17, 15) is 4.21 Å². The average Bonchev–Trinajstić information content (AvgIpc) is 1.85. The zero-order valence-corrected chi connectivity index (χ0v) is 8.70. The van der Waals surface area contributed by atoms with Crippen LogP contribution in [0.15, 0.2) is 0 Å². The Morgan fingerprint density at radius 1 is 1.36 bits per heavy atom. The van der Waals surface area contributed by atoms with Crippen LogP contribution >= 0.6 is 0 Å². The summed E-state index contributed by atoms with van der Waals surface area (Å²) in [4.78, 5) is 0. The molecule has 0 aromatic heterocycles. The van der Waals surface area contributed by atoms with Gasteiger partial charge in [-0.2, -0.15) is 0 Å². The van der Waals surface area contributed by atoms with E-state index in [1.807, 2.05) is 0 Å². The number of hydrogen-bond acceptors (Lipinski definition) is 2. The van der Waals surface area contributed by atoms with E-state index in [0.717, 1.165) is 12.2 Å². The molecule has 2 nitrogen and oxygen atoms in total. The van der Waals surface area contributed by atoms with Crippen LogP contribution in [-0.4, -0.2) is 28.3 Å². The van der Waals surface area contributed by atoms with Crippen molar-refractivity contribution in [1.29, 1.82) is 0 Å². The largest absolute Gasteiger partial charge is 0.311 e. The normalized spacial score (nSPS) is 19.3. The molecule has 0 aliphatic heterocycles. The SMILES string of the molecule is CCC(C)NC(C)CS(C)=O. The van der Waals surface area contributed by atoms with Crippen molar-refractivity contribution < 1.29 is 4.21 Å². The van der Waals surface area contributed by atoms with Crippen LogP contribution in [0.3, 0.4) is 0 Å². The van der Waals surface area contributed by atoms with Crippen molar-refractivity contribution in [3.05, 3.63) is 0 Å². The predicted octanol–water partition coefficient (Wildman–Crippen LogP) is 1.14. The molecule has 3 heteroatoms. The summed E-state index contributed by atoms with van der Waals surface area (Å²) < 4.78 is 10.8. The summed E-state index contributed by atoms with van der Waals surface area (Å²) in [5, 5.41) is 3.37. The maximum atomic E-state index is 10.8. The Morgan fingerprint density at radius 2 is 1.91 bits per heavy atom. The van der Waals surface area contributed by atoms with Crippen LogP contribution in [0.25, 0.3) is 0 Å². The van der Waals surface area contributed by atoms with Gasteiger partial charge < -0.3 is 5.32 Å². The maximum Gasteiger partial charge on any atom is 0.0383 e. The van der Waals surface area contributed by atoms with Crippen LogP contribution in [0.4, 0.5) is 0 Å². The molecule has 0 aromatic rings. The van der Waals surface area contributed by atoms with E-state index in [4.69, 9.17) is 0 Å². The van der Waals surface area contributed by atoms with Gasteiger partial charge >= 0.3 is 0 Å². The highest BCUT2D eigenvalue weighted by Crippen LogP contribution is 1.92. The molecule has 0 amide bonds. The second-order valence-corrected chi connectivity index (χ2v) is 4.60. The summed E-state index contributed by atoms with van der Waals surface area (Å²) in [6.07, 6.45) is 2.87. The monoisotopic (exact) mass is 177 g/mol. The van der Waals surface area contributed by atoms with Gasteiger partial charge in [0.15, 0.2) is 0 Å². The van der Waals surface area contributed by atoms with Crippen LogP contribution in [0.2, 0.25) is 0 Å². The van der Waals surface area contributed by atoms with Gasteiger partial charge in [-0.3, -0.25) is 4.21 Å². The van der Waals surface area contributed by atoms with Crippen molar-refractivity contribution in [1.82, 2.24) is 5.32 Å². The second-order valence-electron chi connectivity index (χ2n) is 3.12. The number of hydrogen-bond donors (Lipinski definition) is 1. The maximum absolute atomic E-state index is 10.8. The molecular weight excluding hydrogens is 158 g/mol. The van der Waals surface area contributed by atoms with Crippen molar-refractivity contribution >= 4 is 10.8 Å². The van der Waals surface area contributed by atoms with E-state index in [2.05, 4.69) is 26.1 Å². The average molecular weight is 177 g/mol. The highest BCUT2D eigenvalue weighted by molar-refractivity contribution is 7.84. The van der Waals surface area contributed by atoms with E-state index < -0.39 is 10.8 Å². The summed E-state index contributed by atoms with van der Waals surface area (Å²) >= 11 is 0. The summed E-state index contributed by atoms with van der Waals surface area (Å²) in [6, 6.07) is 0.907. The molecule has 68 valence electrons. The van der Waals surface area contributed by atoms with Gasteiger partial charge in [0.05, 0.1) is 0 Å². The fraction of sp³-hybridized carbons (Fsp3) is 1.00. The van der Waals surface area contributed by atoms with E-state index >= 15 is 0 Å². The summed E-state index contributed by atoms with van der Waals surface area (Å²) in [7, 11) is -0.677. The van der Waals surface area contributed by atoms with Gasteiger partial charge in [0.2, 0.25) is 0 Å². The van der Waals surface area contributed by atoms with Crippen LogP contribution in [0.1, 0.15) is 27.2 Å². The molecule has 3 atom stereocenters. The third kappa shape index (κ3) is 6.51. The summed E-state index contributed by atoms with van der Waals surface area (Å²) in [5.41, 5.74) is 0. The van der Waals surface area contributed by atoms with Crippen LogP contribution < -0.4 is 5.32 Å². The first kappa shape index (κ1) is 11.1. The molecule has 0 aromatic carbocycles. The first-order valence-electron chi connectivity index (χ1n) is 4.12. The lowest BCUT2D eigenvalue weighted by Crippen LogP contribution is -2.37. The highest BCUT2D eigenvalue weighted by atomic mass is 32.2. The minimum absolute atomic E-state index is 0.371. The predicted molar refractivity (Wildman–Crippen MR) is 51.3 cm³/mol. The second kappa shape index (κ2) is 5.72. The number of rotatable bonds is 5. The Balaban J connectivity index is 3.51. The number of nitrogens with one attached hydrogen (secondary N) is 1. The van der Waals surface area contributed by atoms with Crippen molar-refractivity contribution in [2.45, 2.75) is 39.3 Å². The van der Waals surface area contributed by atoms with E-state index in [1.54, 1.807) is 6.26 Å². The van der Waals surface area contributed by atoms with Gasteiger partial charge in [0.25, 0.3) is 0 Å². The summed E-state index contributed by atoms with van der Waals surface area (Å²) in [5.74, 6) is 0.754. The van der Waals surface area contributed by atoms with Crippen molar-refractivity contribution in [2.24, 2.45) is 0 Å². The lowest BCUT2D eigenvalue weighted by Gasteiger charge is -2.17. The molecular formula is C8H19NOS. The zero-order chi connectivity index (χ0) is 8.85. The molecule has 3 unspecified atom stereocenters. The fourth-order valence-electron chi connectivity index (χ4n) is 1.00. The quantitative estimate of drug-likeness (QED) is 0.682. The minimum atomic E-state index is -0.677. The van der Waals surface area contributed by atoms with Gasteiger partial charge in [-0.15, -0.1) is 0 Å². The molecule has 0 saturated carbocycles. The third-order valence-electron chi connectivity index (χ3n) is 1.67. The minimum Gasteiger partial charge on any atom is -0.311 e. The Bertz CT molecular complexity index is 127. The Morgan fingerprint density at radius 3 is 2.27 bits per heavy atom. The molecule has 0 bridgehead atoms. The van der Waals surface area contributed by atoms with Gasteiger partial charge in [0.1, 0.15) is 0 Å². The lowest BCUT2D eigenvalue weighted by molar-refractivity contribution is 0.481. The lowest BCUT2D eigenvalue weighted by atomic mass is 10.2. The molecule has 0 heterocycles. The van der Waals surface area contributed by atoms with Crippen molar-refractivity contribution in [3.63, 3.8) is 0 Å². The van der Waals surface area contributed by atoms with Crippen molar-refractivity contribution in [2.75, 3.05) is 12.0 Å². The van der Waals surface area contributed by atoms with Gasteiger partial charge in [-0.05, 0) is 20.3 Å². The zero-order valence-electron chi connectivity index (χ0n) is 7.89. The molecule has 0 rings (SSSR count). The molecule has 0 fully saturated rings. The van der Waals surface area contributed by atoms with Gasteiger partial charge in [-0.25, -0.2) is 0 Å². The summed E-state index contributed by atoms with van der Waals surface area (Å²) in [6.45, 7) is 6.37. The van der Waals surface area contributed by atoms with E-state index in [-0.39, 0.29) is 0 Å². The molecule has 0 aliphatic rings.